The Hall–Kier alpha value is -2.67. The van der Waals surface area contributed by atoms with Gasteiger partial charge in [-0.05, 0) is 42.1 Å². The normalized spacial score (nSPS) is 10.6. The number of carbonyl (C=O) groups excluding carboxylic acids is 1. The van der Waals surface area contributed by atoms with Gasteiger partial charge in [-0.3, -0.25) is 4.79 Å². The number of nitrogens with one attached hydrogen (secondary N) is 1. The first-order valence-corrected chi connectivity index (χ1v) is 9.15. The molecule has 25 heavy (non-hydrogen) atoms. The molecule has 7 heteroatoms. The van der Waals surface area contributed by atoms with Crippen molar-refractivity contribution in [1.82, 2.24) is 20.3 Å². The molecule has 0 unspecified atom stereocenters. The molecular formula is C18H20N4O2S. The van der Waals surface area contributed by atoms with Crippen molar-refractivity contribution >= 4 is 17.2 Å². The highest BCUT2D eigenvalue weighted by molar-refractivity contribution is 7.08. The molecule has 0 saturated heterocycles. The molecule has 130 valence electrons. The van der Waals surface area contributed by atoms with Gasteiger partial charge in [0, 0.05) is 10.9 Å². The number of unbranched alkanes of at least 4 members (excludes halogenated alkanes) is 1. The van der Waals surface area contributed by atoms with Gasteiger partial charge in [-0.25, -0.2) is 4.68 Å². The highest BCUT2D eigenvalue weighted by atomic mass is 32.1. The summed E-state index contributed by atoms with van der Waals surface area (Å²) < 4.78 is 7.29. The van der Waals surface area contributed by atoms with E-state index in [0.717, 1.165) is 24.3 Å². The van der Waals surface area contributed by atoms with Crippen LogP contribution in [0.25, 0.3) is 5.69 Å². The maximum Gasteiger partial charge on any atom is 0.251 e. The number of benzene rings is 1. The van der Waals surface area contributed by atoms with Crippen molar-refractivity contribution in [3.63, 3.8) is 0 Å². The molecule has 0 aliphatic rings. The summed E-state index contributed by atoms with van der Waals surface area (Å²) in [7, 11) is 0. The molecule has 0 aliphatic heterocycles. The Morgan fingerprint density at radius 1 is 1.28 bits per heavy atom. The van der Waals surface area contributed by atoms with Crippen molar-refractivity contribution in [3.8, 4) is 11.4 Å². The summed E-state index contributed by atoms with van der Waals surface area (Å²) in [6.07, 6.45) is 3.93. The minimum absolute atomic E-state index is 0.148. The van der Waals surface area contributed by atoms with E-state index in [1.54, 1.807) is 28.2 Å². The summed E-state index contributed by atoms with van der Waals surface area (Å²) >= 11 is 1.60. The Balaban J connectivity index is 1.52. The van der Waals surface area contributed by atoms with Gasteiger partial charge < -0.3 is 10.1 Å². The second-order valence-corrected chi connectivity index (χ2v) is 6.33. The van der Waals surface area contributed by atoms with Crippen LogP contribution in [-0.2, 0) is 6.54 Å². The largest absolute Gasteiger partial charge is 0.494 e. The first-order valence-electron chi connectivity index (χ1n) is 8.21. The van der Waals surface area contributed by atoms with Gasteiger partial charge in [-0.1, -0.05) is 18.6 Å². The van der Waals surface area contributed by atoms with Crippen molar-refractivity contribution in [3.05, 3.63) is 58.5 Å². The SMILES string of the molecule is CCCCOc1ccc(C(=O)NCc2cn(-c3ccsc3)nn2)cc1. The van der Waals surface area contributed by atoms with Crippen molar-refractivity contribution in [1.29, 1.82) is 0 Å². The highest BCUT2D eigenvalue weighted by Crippen LogP contribution is 2.13. The third-order valence-corrected chi connectivity index (χ3v) is 4.30. The van der Waals surface area contributed by atoms with Crippen LogP contribution < -0.4 is 10.1 Å². The second-order valence-electron chi connectivity index (χ2n) is 5.55. The number of rotatable bonds is 8. The van der Waals surface area contributed by atoms with Crippen molar-refractivity contribution in [2.45, 2.75) is 26.3 Å². The zero-order valence-electron chi connectivity index (χ0n) is 14.0. The minimum atomic E-state index is -0.148. The van der Waals surface area contributed by atoms with Crippen LogP contribution in [0.15, 0.2) is 47.3 Å². The summed E-state index contributed by atoms with van der Waals surface area (Å²) in [5.74, 6) is 0.633. The molecule has 0 saturated carbocycles. The lowest BCUT2D eigenvalue weighted by Crippen LogP contribution is -2.22. The van der Waals surface area contributed by atoms with E-state index in [-0.39, 0.29) is 5.91 Å². The Kier molecular flexibility index (Phi) is 5.79. The van der Waals surface area contributed by atoms with Crippen LogP contribution >= 0.6 is 11.3 Å². The summed E-state index contributed by atoms with van der Waals surface area (Å²) in [6.45, 7) is 3.15. The number of hydrogen-bond donors (Lipinski definition) is 1. The van der Waals surface area contributed by atoms with Crippen LogP contribution in [-0.4, -0.2) is 27.5 Å². The zero-order valence-corrected chi connectivity index (χ0v) is 14.8. The monoisotopic (exact) mass is 356 g/mol. The molecule has 1 amide bonds. The van der Waals surface area contributed by atoms with Crippen LogP contribution in [0.3, 0.4) is 0 Å². The maximum atomic E-state index is 12.2. The molecule has 3 rings (SSSR count). The van der Waals surface area contributed by atoms with Gasteiger partial charge in [-0.15, -0.1) is 5.10 Å². The molecule has 0 aliphatic carbocycles. The van der Waals surface area contributed by atoms with Gasteiger partial charge in [0.2, 0.25) is 0 Å². The highest BCUT2D eigenvalue weighted by Gasteiger charge is 2.08. The molecule has 1 N–H and O–H groups in total. The Morgan fingerprint density at radius 2 is 2.12 bits per heavy atom. The van der Waals surface area contributed by atoms with Gasteiger partial charge in [0.1, 0.15) is 11.4 Å². The fourth-order valence-corrected chi connectivity index (χ4v) is 2.83. The van der Waals surface area contributed by atoms with Crippen LogP contribution in [0, 0.1) is 0 Å². The van der Waals surface area contributed by atoms with E-state index < -0.39 is 0 Å². The van der Waals surface area contributed by atoms with E-state index >= 15 is 0 Å². The number of aromatic nitrogens is 3. The molecule has 0 spiro atoms. The first-order chi connectivity index (χ1) is 12.3. The van der Waals surface area contributed by atoms with E-state index in [1.165, 1.54) is 0 Å². The van der Waals surface area contributed by atoms with E-state index in [2.05, 4.69) is 22.6 Å². The number of nitrogens with zero attached hydrogens (tertiary/aromatic N) is 3. The minimum Gasteiger partial charge on any atom is -0.494 e. The number of thiophene rings is 1. The standard InChI is InChI=1S/C18H20N4O2S/c1-2-3-9-24-17-6-4-14(5-7-17)18(23)19-11-15-12-22(21-20-15)16-8-10-25-13-16/h4-8,10,12-13H,2-3,9,11H2,1H3,(H,19,23). The van der Waals surface area contributed by atoms with Gasteiger partial charge in [0.05, 0.1) is 25.0 Å². The van der Waals surface area contributed by atoms with Gasteiger partial charge in [-0.2, -0.15) is 11.3 Å². The third-order valence-electron chi connectivity index (χ3n) is 3.62. The molecule has 6 nitrogen and oxygen atoms in total. The van der Waals surface area contributed by atoms with E-state index in [1.807, 2.05) is 35.2 Å². The number of carbonyl (C=O) groups is 1. The Labute approximate surface area is 150 Å². The summed E-state index contributed by atoms with van der Waals surface area (Å²) in [6, 6.07) is 9.12. The fourth-order valence-electron chi connectivity index (χ4n) is 2.20. The first kappa shape index (κ1) is 17.2. The molecule has 0 bridgehead atoms. The topological polar surface area (TPSA) is 69.0 Å². The number of hydrogen-bond acceptors (Lipinski definition) is 5. The van der Waals surface area contributed by atoms with Gasteiger partial charge in [0.25, 0.3) is 5.91 Å². The van der Waals surface area contributed by atoms with Crippen molar-refractivity contribution < 1.29 is 9.53 Å². The van der Waals surface area contributed by atoms with Crippen molar-refractivity contribution in [2.75, 3.05) is 6.61 Å². The lowest BCUT2D eigenvalue weighted by atomic mass is 10.2. The molecule has 1 aromatic carbocycles. The Morgan fingerprint density at radius 3 is 2.84 bits per heavy atom. The molecule has 2 heterocycles. The average Bonchev–Trinajstić information content (AvgIpc) is 3.32. The van der Waals surface area contributed by atoms with Gasteiger partial charge >= 0.3 is 0 Å². The molecular weight excluding hydrogens is 336 g/mol. The smallest absolute Gasteiger partial charge is 0.251 e. The molecule has 0 fully saturated rings. The van der Waals surface area contributed by atoms with Gasteiger partial charge in [0.15, 0.2) is 0 Å². The molecule has 3 aromatic rings. The van der Waals surface area contributed by atoms with Crippen LogP contribution in [0.4, 0.5) is 0 Å². The Bertz CT molecular complexity index is 797. The van der Waals surface area contributed by atoms with E-state index in [0.29, 0.717) is 24.4 Å². The van der Waals surface area contributed by atoms with Crippen LogP contribution in [0.2, 0.25) is 0 Å². The predicted molar refractivity (Wildman–Crippen MR) is 97.3 cm³/mol. The number of ether oxygens (including phenoxy) is 1. The van der Waals surface area contributed by atoms with Crippen LogP contribution in [0.1, 0.15) is 35.8 Å². The maximum absolute atomic E-state index is 12.2. The molecule has 0 radical (unpaired) electrons. The lowest BCUT2D eigenvalue weighted by molar-refractivity contribution is 0.0950. The summed E-state index contributed by atoms with van der Waals surface area (Å²) in [5, 5.41) is 15.0. The fraction of sp³-hybridized carbons (Fsp3) is 0.278. The van der Waals surface area contributed by atoms with Crippen LogP contribution in [0.5, 0.6) is 5.75 Å². The van der Waals surface area contributed by atoms with Crippen molar-refractivity contribution in [2.24, 2.45) is 0 Å². The third kappa shape index (κ3) is 4.67. The van der Waals surface area contributed by atoms with E-state index in [4.69, 9.17) is 4.74 Å². The molecule has 0 atom stereocenters. The summed E-state index contributed by atoms with van der Waals surface area (Å²) in [5.41, 5.74) is 2.26. The predicted octanol–water partition coefficient (Wildman–Crippen LogP) is 3.44. The quantitative estimate of drug-likeness (QED) is 0.628. The lowest BCUT2D eigenvalue weighted by Gasteiger charge is -2.07. The summed E-state index contributed by atoms with van der Waals surface area (Å²) in [4.78, 5) is 12.2. The zero-order chi connectivity index (χ0) is 17.5. The van der Waals surface area contributed by atoms with E-state index in [9.17, 15) is 4.79 Å². The second kappa shape index (κ2) is 8.43. The number of amides is 1. The molecule has 2 aromatic heterocycles. The average molecular weight is 356 g/mol.